The molecule has 6 heteroatoms. The summed E-state index contributed by atoms with van der Waals surface area (Å²) < 4.78 is 16.7. The molecule has 0 aliphatic heterocycles. The summed E-state index contributed by atoms with van der Waals surface area (Å²) >= 11 is 0. The summed E-state index contributed by atoms with van der Waals surface area (Å²) in [5.41, 5.74) is 0. The van der Waals surface area contributed by atoms with Gasteiger partial charge >= 0.3 is 17.9 Å². The zero-order valence-electron chi connectivity index (χ0n) is 43.7. The number of rotatable bonds is 51. The molecule has 1 atom stereocenters. The first kappa shape index (κ1) is 63.1. The average Bonchev–Trinajstić information content (AvgIpc) is 3.31. The fourth-order valence-electron chi connectivity index (χ4n) is 8.02. The minimum Gasteiger partial charge on any atom is -0.462 e. The van der Waals surface area contributed by atoms with E-state index in [1.807, 2.05) is 0 Å². The maximum absolute atomic E-state index is 12.8. The van der Waals surface area contributed by atoms with Gasteiger partial charge in [0.1, 0.15) is 13.2 Å². The Balaban J connectivity index is 4.19. The van der Waals surface area contributed by atoms with Gasteiger partial charge < -0.3 is 14.2 Å². The highest BCUT2D eigenvalue weighted by molar-refractivity contribution is 5.71. The molecule has 0 aromatic rings. The van der Waals surface area contributed by atoms with Crippen LogP contribution < -0.4 is 0 Å². The Labute approximate surface area is 409 Å². The summed E-state index contributed by atoms with van der Waals surface area (Å²) in [7, 11) is 0. The van der Waals surface area contributed by atoms with Crippen molar-refractivity contribution in [2.24, 2.45) is 0 Å². The molecule has 0 spiro atoms. The molecule has 0 amide bonds. The largest absolute Gasteiger partial charge is 0.462 e. The Morgan fingerprint density at radius 1 is 0.318 bits per heavy atom. The number of ether oxygens (including phenoxy) is 3. The van der Waals surface area contributed by atoms with Crippen LogP contribution in [0.4, 0.5) is 0 Å². The van der Waals surface area contributed by atoms with Crippen molar-refractivity contribution in [3.8, 4) is 0 Å². The van der Waals surface area contributed by atoms with Gasteiger partial charge in [0.15, 0.2) is 6.10 Å². The zero-order valence-corrected chi connectivity index (χ0v) is 43.7. The van der Waals surface area contributed by atoms with Crippen LogP contribution in [0.3, 0.4) is 0 Å². The van der Waals surface area contributed by atoms with Crippen molar-refractivity contribution >= 4 is 17.9 Å². The van der Waals surface area contributed by atoms with E-state index in [4.69, 9.17) is 14.2 Å². The summed E-state index contributed by atoms with van der Waals surface area (Å²) in [6, 6.07) is 0. The third kappa shape index (κ3) is 52.1. The lowest BCUT2D eigenvalue weighted by atomic mass is 10.0. The molecule has 0 N–H and O–H groups in total. The molecule has 6 nitrogen and oxygen atoms in total. The summed E-state index contributed by atoms with van der Waals surface area (Å²) in [4.78, 5) is 37.9. The number of carbonyl (C=O) groups is 3. The molecule has 0 radical (unpaired) electrons. The molecule has 66 heavy (non-hydrogen) atoms. The Bertz CT molecular complexity index is 1200. The maximum atomic E-state index is 12.8. The Morgan fingerprint density at radius 2 is 0.591 bits per heavy atom. The van der Waals surface area contributed by atoms with Gasteiger partial charge in [-0.25, -0.2) is 0 Å². The standard InChI is InChI=1S/C60H106O6/c1-4-7-10-13-16-19-21-23-25-26-27-28-29-30-31-32-33-34-36-37-39-41-44-47-50-53-59(62)65-56-57(55-64-58(61)52-49-46-43-18-15-12-9-6-3)66-60(63)54-51-48-45-42-40-38-35-24-22-20-17-14-11-8-5-2/h8,11,17,20,24,26-27,35,40,42,57H,4-7,9-10,12-16,18-19,21-23,25,28-34,36-39,41,43-56H2,1-3H3/b11-8-,20-17-,27-26-,35-24-,42-40-. The molecular formula is C60H106O6. The average molecular weight is 924 g/mol. The highest BCUT2D eigenvalue weighted by atomic mass is 16.6. The minimum atomic E-state index is -0.792. The summed E-state index contributed by atoms with van der Waals surface area (Å²) in [6.45, 7) is 6.48. The molecule has 0 rings (SSSR count). The van der Waals surface area contributed by atoms with Gasteiger partial charge in [-0.1, -0.05) is 242 Å². The third-order valence-electron chi connectivity index (χ3n) is 12.3. The normalized spacial score (nSPS) is 12.5. The van der Waals surface area contributed by atoms with Crippen molar-refractivity contribution < 1.29 is 28.6 Å². The van der Waals surface area contributed by atoms with Gasteiger partial charge in [-0.15, -0.1) is 0 Å². The van der Waals surface area contributed by atoms with Crippen LogP contribution in [0, 0.1) is 0 Å². The first-order valence-corrected chi connectivity index (χ1v) is 28.3. The molecule has 0 aromatic carbocycles. The first-order valence-electron chi connectivity index (χ1n) is 28.3. The first-order chi connectivity index (χ1) is 32.5. The fraction of sp³-hybridized carbons (Fsp3) is 0.783. The van der Waals surface area contributed by atoms with Gasteiger partial charge in [-0.05, 0) is 83.5 Å². The van der Waals surface area contributed by atoms with Crippen LogP contribution in [0.2, 0.25) is 0 Å². The van der Waals surface area contributed by atoms with Gasteiger partial charge in [0.05, 0.1) is 0 Å². The van der Waals surface area contributed by atoms with Crippen LogP contribution in [0.25, 0.3) is 0 Å². The molecule has 0 heterocycles. The molecule has 0 fully saturated rings. The Morgan fingerprint density at radius 3 is 0.970 bits per heavy atom. The van der Waals surface area contributed by atoms with E-state index in [1.165, 1.54) is 161 Å². The molecule has 0 aliphatic carbocycles. The molecule has 0 bridgehead atoms. The van der Waals surface area contributed by atoms with Crippen LogP contribution in [0.15, 0.2) is 60.8 Å². The predicted molar refractivity (Wildman–Crippen MR) is 284 cm³/mol. The van der Waals surface area contributed by atoms with Crippen molar-refractivity contribution in [2.45, 2.75) is 290 Å². The van der Waals surface area contributed by atoms with E-state index < -0.39 is 6.10 Å². The second-order valence-electron chi connectivity index (χ2n) is 18.8. The van der Waals surface area contributed by atoms with Crippen molar-refractivity contribution in [1.29, 1.82) is 0 Å². The van der Waals surface area contributed by atoms with Crippen LogP contribution in [-0.2, 0) is 28.6 Å². The minimum absolute atomic E-state index is 0.0889. The zero-order chi connectivity index (χ0) is 47.9. The summed E-state index contributed by atoms with van der Waals surface area (Å²) in [5.74, 6) is -0.928. The van der Waals surface area contributed by atoms with E-state index in [0.717, 1.165) is 77.0 Å². The summed E-state index contributed by atoms with van der Waals surface area (Å²) in [6.07, 6.45) is 68.1. The quantitative estimate of drug-likeness (QED) is 0.0262. The van der Waals surface area contributed by atoms with E-state index in [1.54, 1.807) is 0 Å². The van der Waals surface area contributed by atoms with Crippen molar-refractivity contribution in [3.63, 3.8) is 0 Å². The molecule has 1 unspecified atom stereocenters. The van der Waals surface area contributed by atoms with E-state index in [-0.39, 0.29) is 37.5 Å². The number of hydrogen-bond donors (Lipinski definition) is 0. The molecular weight excluding hydrogens is 817 g/mol. The van der Waals surface area contributed by atoms with Gasteiger partial charge in [0.2, 0.25) is 0 Å². The molecule has 382 valence electrons. The van der Waals surface area contributed by atoms with E-state index >= 15 is 0 Å². The van der Waals surface area contributed by atoms with Crippen molar-refractivity contribution in [3.05, 3.63) is 60.8 Å². The highest BCUT2D eigenvalue weighted by Gasteiger charge is 2.19. The molecule has 0 saturated heterocycles. The van der Waals surface area contributed by atoms with Crippen molar-refractivity contribution in [1.82, 2.24) is 0 Å². The molecule has 0 saturated carbocycles. The second-order valence-corrected chi connectivity index (χ2v) is 18.8. The van der Waals surface area contributed by atoms with Crippen LogP contribution in [0.5, 0.6) is 0 Å². The number of hydrogen-bond acceptors (Lipinski definition) is 6. The third-order valence-corrected chi connectivity index (χ3v) is 12.3. The number of allylic oxidation sites excluding steroid dienone is 10. The second kappa shape index (κ2) is 54.7. The lowest BCUT2D eigenvalue weighted by molar-refractivity contribution is -0.167. The van der Waals surface area contributed by atoms with E-state index in [9.17, 15) is 14.4 Å². The van der Waals surface area contributed by atoms with Crippen molar-refractivity contribution in [2.75, 3.05) is 13.2 Å². The van der Waals surface area contributed by atoms with Crippen LogP contribution >= 0.6 is 0 Å². The highest BCUT2D eigenvalue weighted by Crippen LogP contribution is 2.16. The molecule has 0 aliphatic rings. The fourth-order valence-corrected chi connectivity index (χ4v) is 8.02. The van der Waals surface area contributed by atoms with Gasteiger partial charge in [-0.3, -0.25) is 14.4 Å². The van der Waals surface area contributed by atoms with Crippen LogP contribution in [0.1, 0.15) is 284 Å². The van der Waals surface area contributed by atoms with E-state index in [0.29, 0.717) is 19.3 Å². The summed E-state index contributed by atoms with van der Waals surface area (Å²) in [5, 5.41) is 0. The molecule has 0 aromatic heterocycles. The topological polar surface area (TPSA) is 78.9 Å². The van der Waals surface area contributed by atoms with Gasteiger partial charge in [0, 0.05) is 19.3 Å². The Kier molecular flexibility index (Phi) is 52.3. The smallest absolute Gasteiger partial charge is 0.306 e. The number of esters is 3. The number of carbonyl (C=O) groups excluding carboxylic acids is 3. The lowest BCUT2D eigenvalue weighted by Crippen LogP contribution is -2.30. The lowest BCUT2D eigenvalue weighted by Gasteiger charge is -2.18. The maximum Gasteiger partial charge on any atom is 0.306 e. The monoisotopic (exact) mass is 923 g/mol. The SMILES string of the molecule is CC/C=C\C/C=C\C/C=C\C/C=C\CCCCC(=O)OC(COC(=O)CCCCCCCCCC)COC(=O)CCCCCCCCCCCCCCC/C=C\CCCCCCCCCC. The number of unbranched alkanes of at least 4 members (excludes halogenated alkanes) is 30. The van der Waals surface area contributed by atoms with Gasteiger partial charge in [-0.2, -0.15) is 0 Å². The predicted octanol–water partition coefficient (Wildman–Crippen LogP) is 18.8. The van der Waals surface area contributed by atoms with E-state index in [2.05, 4.69) is 81.5 Å². The van der Waals surface area contributed by atoms with Gasteiger partial charge in [0.25, 0.3) is 0 Å². The van der Waals surface area contributed by atoms with Crippen LogP contribution in [-0.4, -0.2) is 37.2 Å². The Hall–Kier alpha value is -2.89.